The Morgan fingerprint density at radius 3 is 2.82 bits per heavy atom. The zero-order chi connectivity index (χ0) is 12.7. The summed E-state index contributed by atoms with van der Waals surface area (Å²) in [6, 6.07) is 9.98. The molecule has 0 heterocycles. The predicted molar refractivity (Wildman–Crippen MR) is 75.1 cm³/mol. The summed E-state index contributed by atoms with van der Waals surface area (Å²) < 4.78 is 0. The normalized spacial score (nSPS) is 12.4. The van der Waals surface area contributed by atoms with Gasteiger partial charge in [0.05, 0.1) is 11.6 Å². The molecule has 0 spiro atoms. The molecule has 0 saturated heterocycles. The lowest BCUT2D eigenvalue weighted by atomic mass is 10.1. The van der Waals surface area contributed by atoms with Gasteiger partial charge in [0, 0.05) is 13.1 Å². The van der Waals surface area contributed by atoms with Crippen LogP contribution in [0, 0.1) is 17.2 Å². The van der Waals surface area contributed by atoms with Crippen LogP contribution in [0.15, 0.2) is 24.3 Å². The van der Waals surface area contributed by atoms with Gasteiger partial charge >= 0.3 is 0 Å². The first-order chi connectivity index (χ1) is 8.19. The van der Waals surface area contributed by atoms with Gasteiger partial charge in [-0.2, -0.15) is 17.9 Å². The Morgan fingerprint density at radius 2 is 2.24 bits per heavy atom. The first-order valence-corrected chi connectivity index (χ1v) is 6.61. The van der Waals surface area contributed by atoms with Crippen LogP contribution < -0.4 is 0 Å². The van der Waals surface area contributed by atoms with E-state index in [1.165, 1.54) is 5.56 Å². The van der Waals surface area contributed by atoms with E-state index in [0.29, 0.717) is 5.92 Å². The van der Waals surface area contributed by atoms with Gasteiger partial charge in [0.15, 0.2) is 0 Å². The van der Waals surface area contributed by atoms with E-state index in [9.17, 15) is 0 Å². The van der Waals surface area contributed by atoms with Gasteiger partial charge in [-0.15, -0.1) is 0 Å². The fourth-order valence-corrected chi connectivity index (χ4v) is 2.25. The van der Waals surface area contributed by atoms with Crippen molar-refractivity contribution in [3.63, 3.8) is 0 Å². The van der Waals surface area contributed by atoms with Crippen molar-refractivity contribution < 1.29 is 0 Å². The standard InChI is InChI=1S/C14H20N2S/c1-3-12(11-17)9-16(2)10-14-6-4-5-13(7-14)8-15/h4-7,12,17H,3,9-11H2,1-2H3. The predicted octanol–water partition coefficient (Wildman–Crippen LogP) is 2.95. The highest BCUT2D eigenvalue weighted by atomic mass is 32.1. The van der Waals surface area contributed by atoms with E-state index in [-0.39, 0.29) is 0 Å². The Morgan fingerprint density at radius 1 is 1.47 bits per heavy atom. The molecular formula is C14H20N2S. The summed E-state index contributed by atoms with van der Waals surface area (Å²) in [5, 5.41) is 8.84. The Balaban J connectivity index is 2.55. The van der Waals surface area contributed by atoms with Gasteiger partial charge in [-0.25, -0.2) is 0 Å². The summed E-state index contributed by atoms with van der Waals surface area (Å²) in [7, 11) is 2.12. The van der Waals surface area contributed by atoms with Gasteiger partial charge in [0.1, 0.15) is 0 Å². The number of rotatable bonds is 6. The van der Waals surface area contributed by atoms with Gasteiger partial charge in [0.2, 0.25) is 0 Å². The maximum atomic E-state index is 8.84. The van der Waals surface area contributed by atoms with Gasteiger partial charge in [-0.3, -0.25) is 0 Å². The average Bonchev–Trinajstić information content (AvgIpc) is 2.36. The van der Waals surface area contributed by atoms with Gasteiger partial charge < -0.3 is 4.90 Å². The van der Waals surface area contributed by atoms with E-state index in [0.717, 1.165) is 30.8 Å². The van der Waals surface area contributed by atoms with Crippen molar-refractivity contribution in [1.29, 1.82) is 5.26 Å². The van der Waals surface area contributed by atoms with E-state index < -0.39 is 0 Å². The van der Waals surface area contributed by atoms with E-state index in [4.69, 9.17) is 5.26 Å². The van der Waals surface area contributed by atoms with E-state index >= 15 is 0 Å². The third-order valence-corrected chi connectivity index (χ3v) is 3.43. The van der Waals surface area contributed by atoms with E-state index in [1.807, 2.05) is 18.2 Å². The second-order valence-electron chi connectivity index (χ2n) is 4.47. The fourth-order valence-electron chi connectivity index (χ4n) is 1.87. The molecule has 0 saturated carbocycles. The Hall–Kier alpha value is -0.980. The number of nitriles is 1. The summed E-state index contributed by atoms with van der Waals surface area (Å²) in [6.45, 7) is 4.14. The molecule has 0 aliphatic rings. The molecule has 2 nitrogen and oxygen atoms in total. The summed E-state index contributed by atoms with van der Waals surface area (Å²) in [5.74, 6) is 1.57. The zero-order valence-electron chi connectivity index (χ0n) is 10.6. The Labute approximate surface area is 110 Å². The maximum Gasteiger partial charge on any atom is 0.0991 e. The van der Waals surface area contributed by atoms with Crippen molar-refractivity contribution >= 4 is 12.6 Å². The van der Waals surface area contributed by atoms with Crippen LogP contribution >= 0.6 is 12.6 Å². The lowest BCUT2D eigenvalue weighted by Gasteiger charge is -2.22. The number of hydrogen-bond acceptors (Lipinski definition) is 3. The van der Waals surface area contributed by atoms with Crippen LogP contribution in [0.25, 0.3) is 0 Å². The molecule has 3 heteroatoms. The van der Waals surface area contributed by atoms with Crippen LogP contribution in [-0.2, 0) is 6.54 Å². The number of benzene rings is 1. The molecule has 1 unspecified atom stereocenters. The first kappa shape index (κ1) is 14.1. The van der Waals surface area contributed by atoms with Crippen molar-refractivity contribution in [3.8, 4) is 6.07 Å². The summed E-state index contributed by atoms with van der Waals surface area (Å²) in [6.07, 6.45) is 1.16. The van der Waals surface area contributed by atoms with Crippen LogP contribution in [0.2, 0.25) is 0 Å². The molecule has 0 amide bonds. The monoisotopic (exact) mass is 248 g/mol. The minimum Gasteiger partial charge on any atom is -0.302 e. The first-order valence-electron chi connectivity index (χ1n) is 5.98. The van der Waals surface area contributed by atoms with Crippen molar-refractivity contribution in [1.82, 2.24) is 4.90 Å². The highest BCUT2D eigenvalue weighted by Gasteiger charge is 2.08. The van der Waals surface area contributed by atoms with Crippen LogP contribution in [0.3, 0.4) is 0 Å². The second kappa shape index (κ2) is 7.37. The topological polar surface area (TPSA) is 27.0 Å². The van der Waals surface area contributed by atoms with Gasteiger partial charge in [-0.05, 0) is 36.4 Å². The summed E-state index contributed by atoms with van der Waals surface area (Å²) in [4.78, 5) is 2.29. The van der Waals surface area contributed by atoms with Crippen molar-refractivity contribution in [2.45, 2.75) is 19.9 Å². The number of thiol groups is 1. The molecule has 1 aromatic carbocycles. The van der Waals surface area contributed by atoms with E-state index in [2.05, 4.69) is 43.6 Å². The molecule has 1 aromatic rings. The van der Waals surface area contributed by atoms with Crippen molar-refractivity contribution in [2.75, 3.05) is 19.3 Å². The van der Waals surface area contributed by atoms with Crippen LogP contribution in [0.4, 0.5) is 0 Å². The van der Waals surface area contributed by atoms with Crippen LogP contribution in [-0.4, -0.2) is 24.2 Å². The molecular weight excluding hydrogens is 228 g/mol. The third kappa shape index (κ3) is 4.80. The quantitative estimate of drug-likeness (QED) is 0.784. The molecule has 0 aliphatic carbocycles. The zero-order valence-corrected chi connectivity index (χ0v) is 11.5. The molecule has 0 aliphatic heterocycles. The van der Waals surface area contributed by atoms with Gasteiger partial charge in [-0.1, -0.05) is 25.5 Å². The molecule has 0 bridgehead atoms. The largest absolute Gasteiger partial charge is 0.302 e. The van der Waals surface area contributed by atoms with Crippen LogP contribution in [0.1, 0.15) is 24.5 Å². The fraction of sp³-hybridized carbons (Fsp3) is 0.500. The lowest BCUT2D eigenvalue weighted by Crippen LogP contribution is -2.26. The second-order valence-corrected chi connectivity index (χ2v) is 4.83. The SMILES string of the molecule is CCC(CS)CN(C)Cc1cccc(C#N)c1. The summed E-state index contributed by atoms with van der Waals surface area (Å²) in [5.41, 5.74) is 1.93. The Bertz CT molecular complexity index is 380. The molecule has 17 heavy (non-hydrogen) atoms. The molecule has 0 fully saturated rings. The molecule has 1 rings (SSSR count). The molecule has 0 N–H and O–H groups in total. The maximum absolute atomic E-state index is 8.84. The molecule has 0 radical (unpaired) electrons. The number of nitrogens with zero attached hydrogens (tertiary/aromatic N) is 2. The minimum absolute atomic E-state index is 0.641. The van der Waals surface area contributed by atoms with Crippen molar-refractivity contribution in [3.05, 3.63) is 35.4 Å². The highest BCUT2D eigenvalue weighted by Crippen LogP contribution is 2.11. The highest BCUT2D eigenvalue weighted by molar-refractivity contribution is 7.80. The molecule has 1 atom stereocenters. The molecule has 92 valence electrons. The van der Waals surface area contributed by atoms with Crippen molar-refractivity contribution in [2.24, 2.45) is 5.92 Å². The smallest absolute Gasteiger partial charge is 0.0991 e. The summed E-state index contributed by atoms with van der Waals surface area (Å²) >= 11 is 4.36. The van der Waals surface area contributed by atoms with E-state index in [1.54, 1.807) is 0 Å². The third-order valence-electron chi connectivity index (χ3n) is 2.91. The van der Waals surface area contributed by atoms with Crippen LogP contribution in [0.5, 0.6) is 0 Å². The average molecular weight is 248 g/mol. The van der Waals surface area contributed by atoms with Gasteiger partial charge in [0.25, 0.3) is 0 Å². The minimum atomic E-state index is 0.641. The Kier molecular flexibility index (Phi) is 6.10. The number of hydrogen-bond donors (Lipinski definition) is 1. The lowest BCUT2D eigenvalue weighted by molar-refractivity contribution is 0.278. The molecule has 0 aromatic heterocycles.